The molecule has 0 rings (SSSR count). The molecular formula is C6H10O2S. The molecule has 2 nitrogen and oxygen atoms in total. The van der Waals surface area contributed by atoms with Crippen molar-refractivity contribution in [3.63, 3.8) is 0 Å². The predicted octanol–water partition coefficient (Wildman–Crippen LogP) is 1.04. The van der Waals surface area contributed by atoms with Crippen molar-refractivity contribution in [3.05, 3.63) is 11.6 Å². The summed E-state index contributed by atoms with van der Waals surface area (Å²) < 4.78 is 4.42. The van der Waals surface area contributed by atoms with Crippen molar-refractivity contribution in [1.29, 1.82) is 0 Å². The highest BCUT2D eigenvalue weighted by Gasteiger charge is 1.99. The average Bonchev–Trinajstić information content (AvgIpc) is 1.87. The van der Waals surface area contributed by atoms with Gasteiger partial charge < -0.3 is 4.74 Å². The van der Waals surface area contributed by atoms with Gasteiger partial charge in [-0.3, -0.25) is 0 Å². The maximum absolute atomic E-state index is 10.6. The lowest BCUT2D eigenvalue weighted by Crippen LogP contribution is -2.01. The van der Waals surface area contributed by atoms with Crippen LogP contribution in [0, 0.1) is 0 Å². The standard InChI is InChI=1S/C6H10O2S/c1-5(3-4-9)6(7)8-2/h3,9H,4H2,1-2H3/b5-3+. The molecule has 0 fully saturated rings. The summed E-state index contributed by atoms with van der Waals surface area (Å²) in [5.74, 6) is 0.282. The molecule has 0 heterocycles. The van der Waals surface area contributed by atoms with Gasteiger partial charge in [0.25, 0.3) is 0 Å². The van der Waals surface area contributed by atoms with Crippen LogP contribution in [-0.2, 0) is 9.53 Å². The van der Waals surface area contributed by atoms with Crippen LogP contribution in [0.2, 0.25) is 0 Å². The highest BCUT2D eigenvalue weighted by Crippen LogP contribution is 1.94. The van der Waals surface area contributed by atoms with E-state index in [0.29, 0.717) is 11.3 Å². The molecule has 0 aliphatic rings. The van der Waals surface area contributed by atoms with E-state index in [4.69, 9.17) is 0 Å². The van der Waals surface area contributed by atoms with Gasteiger partial charge in [0.05, 0.1) is 7.11 Å². The first-order valence-corrected chi connectivity index (χ1v) is 3.21. The Labute approximate surface area is 60.3 Å². The summed E-state index contributed by atoms with van der Waals surface area (Å²) in [6, 6.07) is 0. The fourth-order valence-corrected chi connectivity index (χ4v) is 0.655. The van der Waals surface area contributed by atoms with Crippen LogP contribution in [0.5, 0.6) is 0 Å². The van der Waals surface area contributed by atoms with E-state index in [0.717, 1.165) is 0 Å². The molecule has 52 valence electrons. The molecule has 9 heavy (non-hydrogen) atoms. The third-order valence-corrected chi connectivity index (χ3v) is 1.09. The SMILES string of the molecule is COC(=O)/C(C)=C/CS. The summed E-state index contributed by atoms with van der Waals surface area (Å²) in [6.07, 6.45) is 1.70. The van der Waals surface area contributed by atoms with E-state index in [1.54, 1.807) is 13.0 Å². The Kier molecular flexibility index (Phi) is 4.22. The van der Waals surface area contributed by atoms with E-state index in [9.17, 15) is 4.79 Å². The minimum absolute atomic E-state index is 0.288. The van der Waals surface area contributed by atoms with Gasteiger partial charge in [-0.25, -0.2) is 4.79 Å². The minimum atomic E-state index is -0.288. The van der Waals surface area contributed by atoms with Crippen LogP contribution in [0.4, 0.5) is 0 Å². The van der Waals surface area contributed by atoms with E-state index < -0.39 is 0 Å². The Morgan fingerprint density at radius 1 is 1.78 bits per heavy atom. The van der Waals surface area contributed by atoms with Crippen molar-refractivity contribution in [2.75, 3.05) is 12.9 Å². The van der Waals surface area contributed by atoms with Crippen molar-refractivity contribution in [2.45, 2.75) is 6.92 Å². The maximum Gasteiger partial charge on any atom is 0.333 e. The molecule has 0 aliphatic carbocycles. The van der Waals surface area contributed by atoms with E-state index in [2.05, 4.69) is 17.4 Å². The number of hydrogen-bond acceptors (Lipinski definition) is 3. The van der Waals surface area contributed by atoms with E-state index >= 15 is 0 Å². The Hall–Kier alpha value is -0.440. The molecule has 0 radical (unpaired) electrons. The van der Waals surface area contributed by atoms with Crippen LogP contribution in [0.1, 0.15) is 6.92 Å². The van der Waals surface area contributed by atoms with Crippen LogP contribution in [0.3, 0.4) is 0 Å². The van der Waals surface area contributed by atoms with Crippen molar-refractivity contribution in [2.24, 2.45) is 0 Å². The van der Waals surface area contributed by atoms with Crippen molar-refractivity contribution in [3.8, 4) is 0 Å². The van der Waals surface area contributed by atoms with Crippen LogP contribution >= 0.6 is 12.6 Å². The Balaban J connectivity index is 3.86. The Bertz CT molecular complexity index is 129. The van der Waals surface area contributed by atoms with Gasteiger partial charge in [0.15, 0.2) is 0 Å². The summed E-state index contributed by atoms with van der Waals surface area (Å²) in [5.41, 5.74) is 0.604. The third kappa shape index (κ3) is 3.19. The van der Waals surface area contributed by atoms with Gasteiger partial charge in [-0.05, 0) is 6.92 Å². The van der Waals surface area contributed by atoms with E-state index in [1.807, 2.05) is 0 Å². The monoisotopic (exact) mass is 146 g/mol. The zero-order valence-electron chi connectivity index (χ0n) is 5.55. The number of carbonyl (C=O) groups is 1. The second kappa shape index (κ2) is 4.44. The number of ether oxygens (including phenoxy) is 1. The van der Waals surface area contributed by atoms with Crippen molar-refractivity contribution >= 4 is 18.6 Å². The molecule has 0 aromatic rings. The first-order chi connectivity index (χ1) is 4.22. The summed E-state index contributed by atoms with van der Waals surface area (Å²) in [4.78, 5) is 10.6. The number of methoxy groups -OCH3 is 1. The Morgan fingerprint density at radius 2 is 2.33 bits per heavy atom. The molecule has 3 heteroatoms. The lowest BCUT2D eigenvalue weighted by atomic mass is 10.3. The molecule has 0 saturated carbocycles. The van der Waals surface area contributed by atoms with Crippen LogP contribution < -0.4 is 0 Å². The maximum atomic E-state index is 10.6. The summed E-state index contributed by atoms with van der Waals surface area (Å²) in [6.45, 7) is 1.70. The van der Waals surface area contributed by atoms with E-state index in [-0.39, 0.29) is 5.97 Å². The van der Waals surface area contributed by atoms with Crippen LogP contribution in [0.25, 0.3) is 0 Å². The number of esters is 1. The molecule has 0 aliphatic heterocycles. The molecule has 0 aromatic carbocycles. The fraction of sp³-hybridized carbons (Fsp3) is 0.500. The molecule has 0 spiro atoms. The molecule has 0 bridgehead atoms. The molecule has 0 N–H and O–H groups in total. The molecule has 0 saturated heterocycles. The minimum Gasteiger partial charge on any atom is -0.466 e. The van der Waals surface area contributed by atoms with Crippen molar-refractivity contribution < 1.29 is 9.53 Å². The summed E-state index contributed by atoms with van der Waals surface area (Å²) >= 11 is 3.91. The quantitative estimate of drug-likeness (QED) is 0.358. The second-order valence-electron chi connectivity index (χ2n) is 1.56. The molecule has 0 unspecified atom stereocenters. The molecule has 0 atom stereocenters. The fourth-order valence-electron chi connectivity index (χ4n) is 0.381. The zero-order chi connectivity index (χ0) is 7.28. The second-order valence-corrected chi connectivity index (χ2v) is 1.93. The Morgan fingerprint density at radius 3 is 2.67 bits per heavy atom. The smallest absolute Gasteiger partial charge is 0.333 e. The van der Waals surface area contributed by atoms with Gasteiger partial charge in [0.1, 0.15) is 0 Å². The highest BCUT2D eigenvalue weighted by atomic mass is 32.1. The summed E-state index contributed by atoms with van der Waals surface area (Å²) in [7, 11) is 1.36. The lowest BCUT2D eigenvalue weighted by Gasteiger charge is -1.95. The van der Waals surface area contributed by atoms with Gasteiger partial charge in [0.2, 0.25) is 0 Å². The number of thiol groups is 1. The van der Waals surface area contributed by atoms with Gasteiger partial charge >= 0.3 is 5.97 Å². The highest BCUT2D eigenvalue weighted by molar-refractivity contribution is 7.80. The first-order valence-electron chi connectivity index (χ1n) is 2.58. The first kappa shape index (κ1) is 8.56. The van der Waals surface area contributed by atoms with Gasteiger partial charge in [0, 0.05) is 11.3 Å². The number of carbonyl (C=O) groups excluding carboxylic acids is 1. The van der Waals surface area contributed by atoms with Gasteiger partial charge in [-0.15, -0.1) is 0 Å². The zero-order valence-corrected chi connectivity index (χ0v) is 6.44. The number of rotatable bonds is 2. The van der Waals surface area contributed by atoms with Gasteiger partial charge in [-0.1, -0.05) is 6.08 Å². The molecular weight excluding hydrogens is 136 g/mol. The van der Waals surface area contributed by atoms with E-state index in [1.165, 1.54) is 7.11 Å². The number of hydrogen-bond donors (Lipinski definition) is 1. The van der Waals surface area contributed by atoms with Crippen molar-refractivity contribution in [1.82, 2.24) is 0 Å². The normalized spacial score (nSPS) is 11.2. The topological polar surface area (TPSA) is 26.3 Å². The summed E-state index contributed by atoms with van der Waals surface area (Å²) in [5, 5.41) is 0. The van der Waals surface area contributed by atoms with Crippen LogP contribution in [0.15, 0.2) is 11.6 Å². The third-order valence-electron chi connectivity index (χ3n) is 0.905. The largest absolute Gasteiger partial charge is 0.466 e. The van der Waals surface area contributed by atoms with Crippen LogP contribution in [-0.4, -0.2) is 18.8 Å². The molecule has 0 aromatic heterocycles. The predicted molar refractivity (Wildman–Crippen MR) is 39.6 cm³/mol. The van der Waals surface area contributed by atoms with Gasteiger partial charge in [-0.2, -0.15) is 12.6 Å². The average molecular weight is 146 g/mol. The molecule has 0 amide bonds. The lowest BCUT2D eigenvalue weighted by molar-refractivity contribution is -0.136.